The standard InChI is InChI=1S/C15H25N3O2S/c1-4-9-16-11-13-6-7-14(17-12-13)21(19,20)18-10-5-8-15(18,2)3/h6-7,12,16H,4-5,8-11H2,1-3H3. The first kappa shape index (κ1) is 16.4. The van der Waals surface area contributed by atoms with Crippen LogP contribution < -0.4 is 5.32 Å². The summed E-state index contributed by atoms with van der Waals surface area (Å²) in [6.07, 6.45) is 4.53. The second-order valence-electron chi connectivity index (χ2n) is 6.17. The first-order chi connectivity index (χ1) is 9.88. The minimum atomic E-state index is -3.49. The molecule has 0 radical (unpaired) electrons. The third-order valence-electron chi connectivity index (χ3n) is 3.93. The quantitative estimate of drug-likeness (QED) is 0.818. The van der Waals surface area contributed by atoms with Crippen LogP contribution in [0.25, 0.3) is 0 Å². The Labute approximate surface area is 127 Å². The van der Waals surface area contributed by atoms with Crippen LogP contribution in [-0.4, -0.2) is 36.3 Å². The van der Waals surface area contributed by atoms with Gasteiger partial charge >= 0.3 is 0 Å². The molecular formula is C15H25N3O2S. The molecule has 0 atom stereocenters. The number of nitrogens with one attached hydrogen (secondary N) is 1. The number of pyridine rings is 1. The minimum absolute atomic E-state index is 0.150. The van der Waals surface area contributed by atoms with Gasteiger partial charge in [-0.3, -0.25) is 0 Å². The van der Waals surface area contributed by atoms with E-state index < -0.39 is 10.0 Å². The molecule has 1 aliphatic heterocycles. The van der Waals surface area contributed by atoms with Gasteiger partial charge in [0.1, 0.15) is 0 Å². The SMILES string of the molecule is CCCNCc1ccc(S(=O)(=O)N2CCCC2(C)C)nc1. The molecular weight excluding hydrogens is 286 g/mol. The van der Waals surface area contributed by atoms with E-state index in [2.05, 4.69) is 17.2 Å². The fourth-order valence-electron chi connectivity index (χ4n) is 2.72. The molecule has 1 aliphatic rings. The Balaban J connectivity index is 2.14. The van der Waals surface area contributed by atoms with E-state index in [0.717, 1.165) is 37.9 Å². The summed E-state index contributed by atoms with van der Waals surface area (Å²) in [7, 11) is -3.49. The van der Waals surface area contributed by atoms with Crippen LogP contribution in [0.1, 0.15) is 45.6 Å². The topological polar surface area (TPSA) is 62.3 Å². The van der Waals surface area contributed by atoms with Gasteiger partial charge in [-0.25, -0.2) is 13.4 Å². The highest BCUT2D eigenvalue weighted by atomic mass is 32.2. The lowest BCUT2D eigenvalue weighted by molar-refractivity contribution is 0.291. The number of nitrogens with zero attached hydrogens (tertiary/aromatic N) is 2. The van der Waals surface area contributed by atoms with Crippen molar-refractivity contribution in [1.82, 2.24) is 14.6 Å². The summed E-state index contributed by atoms with van der Waals surface area (Å²) in [6, 6.07) is 3.46. The molecule has 1 aromatic rings. The lowest BCUT2D eigenvalue weighted by atomic mass is 10.0. The first-order valence-electron chi connectivity index (χ1n) is 7.56. The van der Waals surface area contributed by atoms with E-state index in [4.69, 9.17) is 0 Å². The summed E-state index contributed by atoms with van der Waals surface area (Å²) in [4.78, 5) is 4.17. The zero-order valence-corrected chi connectivity index (χ0v) is 13.9. The maximum Gasteiger partial charge on any atom is 0.261 e. The van der Waals surface area contributed by atoms with Crippen molar-refractivity contribution in [2.45, 2.75) is 57.1 Å². The molecule has 5 nitrogen and oxygen atoms in total. The van der Waals surface area contributed by atoms with E-state index >= 15 is 0 Å². The molecule has 1 saturated heterocycles. The summed E-state index contributed by atoms with van der Waals surface area (Å²) < 4.78 is 26.9. The average molecular weight is 311 g/mol. The minimum Gasteiger partial charge on any atom is -0.313 e. The normalized spacial score (nSPS) is 19.0. The summed E-state index contributed by atoms with van der Waals surface area (Å²) in [5.74, 6) is 0. The molecule has 0 spiro atoms. The largest absolute Gasteiger partial charge is 0.313 e. The number of sulfonamides is 1. The van der Waals surface area contributed by atoms with Crippen LogP contribution in [0, 0.1) is 0 Å². The average Bonchev–Trinajstić information content (AvgIpc) is 2.80. The van der Waals surface area contributed by atoms with Crippen molar-refractivity contribution in [3.63, 3.8) is 0 Å². The van der Waals surface area contributed by atoms with Gasteiger partial charge in [-0.15, -0.1) is 0 Å². The fraction of sp³-hybridized carbons (Fsp3) is 0.667. The van der Waals surface area contributed by atoms with E-state index in [1.165, 1.54) is 0 Å². The predicted molar refractivity (Wildman–Crippen MR) is 83.4 cm³/mol. The van der Waals surface area contributed by atoms with Crippen molar-refractivity contribution < 1.29 is 8.42 Å². The Morgan fingerprint density at radius 1 is 1.38 bits per heavy atom. The van der Waals surface area contributed by atoms with Gasteiger partial charge in [0, 0.05) is 24.8 Å². The Bertz CT molecular complexity index is 567. The van der Waals surface area contributed by atoms with Gasteiger partial charge in [0.25, 0.3) is 10.0 Å². The zero-order valence-electron chi connectivity index (χ0n) is 13.1. The van der Waals surface area contributed by atoms with Crippen LogP contribution in [0.15, 0.2) is 23.4 Å². The van der Waals surface area contributed by atoms with Crippen molar-refractivity contribution in [2.24, 2.45) is 0 Å². The second kappa shape index (κ2) is 6.42. The Morgan fingerprint density at radius 2 is 2.14 bits per heavy atom. The van der Waals surface area contributed by atoms with E-state index in [9.17, 15) is 8.42 Å². The summed E-state index contributed by atoms with van der Waals surface area (Å²) in [6.45, 7) is 8.30. The van der Waals surface area contributed by atoms with Gasteiger partial charge in [0.05, 0.1) is 0 Å². The molecule has 118 valence electrons. The van der Waals surface area contributed by atoms with Crippen LogP contribution in [0.4, 0.5) is 0 Å². The lowest BCUT2D eigenvalue weighted by Gasteiger charge is -2.30. The molecule has 2 heterocycles. The summed E-state index contributed by atoms with van der Waals surface area (Å²) in [5, 5.41) is 3.43. The van der Waals surface area contributed by atoms with Crippen molar-refractivity contribution in [2.75, 3.05) is 13.1 Å². The van der Waals surface area contributed by atoms with Crippen LogP contribution >= 0.6 is 0 Å². The predicted octanol–water partition coefficient (Wildman–Crippen LogP) is 2.14. The van der Waals surface area contributed by atoms with Gasteiger partial charge < -0.3 is 5.32 Å². The fourth-order valence-corrected chi connectivity index (χ4v) is 4.48. The smallest absolute Gasteiger partial charge is 0.261 e. The monoisotopic (exact) mass is 311 g/mol. The van der Waals surface area contributed by atoms with E-state index in [1.807, 2.05) is 19.9 Å². The van der Waals surface area contributed by atoms with Crippen LogP contribution in [0.3, 0.4) is 0 Å². The first-order valence-corrected chi connectivity index (χ1v) is 9.00. The van der Waals surface area contributed by atoms with E-state index in [0.29, 0.717) is 6.54 Å². The highest BCUT2D eigenvalue weighted by molar-refractivity contribution is 7.89. The van der Waals surface area contributed by atoms with Crippen LogP contribution in [0.5, 0.6) is 0 Å². The van der Waals surface area contributed by atoms with Gasteiger partial charge in [-0.1, -0.05) is 13.0 Å². The lowest BCUT2D eigenvalue weighted by Crippen LogP contribution is -2.42. The number of rotatable bonds is 6. The third kappa shape index (κ3) is 3.62. The molecule has 21 heavy (non-hydrogen) atoms. The molecule has 1 fully saturated rings. The Hall–Kier alpha value is -0.980. The van der Waals surface area contributed by atoms with Gasteiger partial charge in [0.15, 0.2) is 5.03 Å². The summed E-state index contributed by atoms with van der Waals surface area (Å²) >= 11 is 0. The number of hydrogen-bond donors (Lipinski definition) is 1. The molecule has 0 bridgehead atoms. The number of aromatic nitrogens is 1. The van der Waals surface area contributed by atoms with Crippen molar-refractivity contribution in [3.05, 3.63) is 23.9 Å². The molecule has 1 aromatic heterocycles. The molecule has 0 aliphatic carbocycles. The third-order valence-corrected chi connectivity index (χ3v) is 5.96. The maximum atomic E-state index is 12.7. The van der Waals surface area contributed by atoms with Crippen molar-refractivity contribution in [3.8, 4) is 0 Å². The molecule has 0 aromatic carbocycles. The van der Waals surface area contributed by atoms with Gasteiger partial charge in [0.2, 0.25) is 0 Å². The Morgan fingerprint density at radius 3 is 2.67 bits per heavy atom. The van der Waals surface area contributed by atoms with E-state index in [-0.39, 0.29) is 10.6 Å². The molecule has 1 N–H and O–H groups in total. The maximum absolute atomic E-state index is 12.7. The van der Waals surface area contributed by atoms with Crippen molar-refractivity contribution in [1.29, 1.82) is 0 Å². The van der Waals surface area contributed by atoms with Gasteiger partial charge in [-0.05, 0) is 51.3 Å². The highest BCUT2D eigenvalue weighted by Gasteiger charge is 2.41. The number of hydrogen-bond acceptors (Lipinski definition) is 4. The van der Waals surface area contributed by atoms with E-state index in [1.54, 1.807) is 16.6 Å². The van der Waals surface area contributed by atoms with Crippen LogP contribution in [0.2, 0.25) is 0 Å². The molecule has 2 rings (SSSR count). The highest BCUT2D eigenvalue weighted by Crippen LogP contribution is 2.33. The molecule has 0 amide bonds. The Kier molecular flexibility index (Phi) is 5.01. The second-order valence-corrected chi connectivity index (χ2v) is 7.98. The van der Waals surface area contributed by atoms with Crippen LogP contribution in [-0.2, 0) is 16.6 Å². The molecule has 0 saturated carbocycles. The summed E-state index contributed by atoms with van der Waals surface area (Å²) in [5.41, 5.74) is 0.685. The van der Waals surface area contributed by atoms with Gasteiger partial charge in [-0.2, -0.15) is 4.31 Å². The van der Waals surface area contributed by atoms with Crippen molar-refractivity contribution >= 4 is 10.0 Å². The zero-order chi connectivity index (χ0) is 15.5. The molecule has 6 heteroatoms. The molecule has 0 unspecified atom stereocenters.